The Hall–Kier alpha value is -1.96. The molecule has 3 fully saturated rings. The molecule has 1 aromatic heterocycles. The summed E-state index contributed by atoms with van der Waals surface area (Å²) in [5.74, 6) is 0.758. The third kappa shape index (κ3) is 4.15. The summed E-state index contributed by atoms with van der Waals surface area (Å²) >= 11 is 0. The minimum atomic E-state index is -0.334. The van der Waals surface area contributed by atoms with Crippen molar-refractivity contribution in [2.75, 3.05) is 32.8 Å². The zero-order chi connectivity index (χ0) is 18.7. The van der Waals surface area contributed by atoms with Crippen LogP contribution in [0.2, 0.25) is 0 Å². The number of ether oxygens (including phenoxy) is 1. The van der Waals surface area contributed by atoms with Crippen LogP contribution in [0.5, 0.6) is 0 Å². The summed E-state index contributed by atoms with van der Waals surface area (Å²) in [6.45, 7) is 3.09. The van der Waals surface area contributed by atoms with E-state index in [-0.39, 0.29) is 11.5 Å². The molecule has 0 radical (unpaired) electrons. The molecular weight excluding hydrogens is 346 g/mol. The van der Waals surface area contributed by atoms with Crippen LogP contribution in [0, 0.1) is 5.92 Å². The first-order valence-electron chi connectivity index (χ1n) is 10.2. The number of carbonyl (C=O) groups is 2. The van der Waals surface area contributed by atoms with Crippen molar-refractivity contribution in [1.29, 1.82) is 0 Å². The lowest BCUT2D eigenvalue weighted by molar-refractivity contribution is -0.147. The third-order valence-corrected chi connectivity index (χ3v) is 6.39. The number of aromatic nitrogens is 3. The van der Waals surface area contributed by atoms with Crippen molar-refractivity contribution in [3.63, 3.8) is 0 Å². The molecule has 0 atom stereocenters. The Morgan fingerprint density at radius 3 is 2.63 bits per heavy atom. The van der Waals surface area contributed by atoms with E-state index in [1.54, 1.807) is 4.90 Å². The zero-order valence-electron chi connectivity index (χ0n) is 15.9. The highest BCUT2D eigenvalue weighted by molar-refractivity contribution is 5.92. The van der Waals surface area contributed by atoms with Gasteiger partial charge in [0.25, 0.3) is 5.91 Å². The van der Waals surface area contributed by atoms with Crippen LogP contribution in [-0.4, -0.2) is 75.4 Å². The molecule has 8 nitrogen and oxygen atoms in total. The molecule has 0 aromatic carbocycles. The van der Waals surface area contributed by atoms with Crippen LogP contribution in [0.3, 0.4) is 0 Å². The molecule has 8 heteroatoms. The average Bonchev–Trinajstić information content (AvgIpc) is 3.23. The second-order valence-corrected chi connectivity index (χ2v) is 8.20. The molecule has 0 unspecified atom stereocenters. The number of aromatic amines is 1. The number of likely N-dealkylation sites (tertiary alicyclic amines) is 1. The van der Waals surface area contributed by atoms with Gasteiger partial charge in [-0.3, -0.25) is 9.59 Å². The normalized spacial score (nSPS) is 23.6. The minimum absolute atomic E-state index is 0.109. The molecule has 148 valence electrons. The molecule has 2 saturated heterocycles. The highest BCUT2D eigenvalue weighted by atomic mass is 16.5. The lowest BCUT2D eigenvalue weighted by Gasteiger charge is -2.47. The van der Waals surface area contributed by atoms with Crippen LogP contribution in [0.1, 0.15) is 61.9 Å². The average molecular weight is 375 g/mol. The lowest BCUT2D eigenvalue weighted by atomic mass is 9.85. The first-order chi connectivity index (χ1) is 13.2. The van der Waals surface area contributed by atoms with Gasteiger partial charge in [0, 0.05) is 26.1 Å². The SMILES string of the molecule is O=C(CC1CCCCC1)N1CCC2(CC1)CN(C(=O)c1cn[nH]n1)CCO2. The Kier molecular flexibility index (Phi) is 5.43. The van der Waals surface area contributed by atoms with Gasteiger partial charge in [-0.1, -0.05) is 19.3 Å². The minimum Gasteiger partial charge on any atom is -0.371 e. The Morgan fingerprint density at radius 2 is 1.93 bits per heavy atom. The molecule has 1 saturated carbocycles. The van der Waals surface area contributed by atoms with E-state index < -0.39 is 0 Å². The number of nitrogens with one attached hydrogen (secondary N) is 1. The number of hydrogen-bond acceptors (Lipinski definition) is 5. The highest BCUT2D eigenvalue weighted by Crippen LogP contribution is 2.32. The number of H-pyrrole nitrogens is 1. The van der Waals surface area contributed by atoms with Gasteiger partial charge in [-0.05, 0) is 31.6 Å². The van der Waals surface area contributed by atoms with Gasteiger partial charge in [-0.2, -0.15) is 15.4 Å². The molecule has 1 spiro atoms. The molecular formula is C19H29N5O3. The number of amides is 2. The monoisotopic (exact) mass is 375 g/mol. The van der Waals surface area contributed by atoms with Gasteiger partial charge in [0.15, 0.2) is 5.69 Å². The van der Waals surface area contributed by atoms with Gasteiger partial charge in [0.1, 0.15) is 0 Å². The summed E-state index contributed by atoms with van der Waals surface area (Å²) < 4.78 is 6.11. The van der Waals surface area contributed by atoms with Crippen molar-refractivity contribution in [3.05, 3.63) is 11.9 Å². The van der Waals surface area contributed by atoms with E-state index in [0.717, 1.165) is 25.9 Å². The van der Waals surface area contributed by atoms with E-state index in [9.17, 15) is 9.59 Å². The second-order valence-electron chi connectivity index (χ2n) is 8.20. The summed E-state index contributed by atoms with van der Waals surface area (Å²) in [5, 5.41) is 10.1. The first kappa shape index (κ1) is 18.4. The maximum atomic E-state index is 12.7. The topological polar surface area (TPSA) is 91.4 Å². The molecule has 1 aliphatic carbocycles. The Bertz CT molecular complexity index is 648. The smallest absolute Gasteiger partial charge is 0.276 e. The quantitative estimate of drug-likeness (QED) is 0.867. The maximum Gasteiger partial charge on any atom is 0.276 e. The molecule has 2 amide bonds. The van der Waals surface area contributed by atoms with E-state index in [2.05, 4.69) is 15.4 Å². The first-order valence-corrected chi connectivity index (χ1v) is 10.2. The molecule has 4 rings (SSSR count). The summed E-state index contributed by atoms with van der Waals surface area (Å²) in [7, 11) is 0. The van der Waals surface area contributed by atoms with Gasteiger partial charge in [-0.25, -0.2) is 0 Å². The zero-order valence-corrected chi connectivity index (χ0v) is 15.9. The van der Waals surface area contributed by atoms with Gasteiger partial charge in [0.05, 0.1) is 24.9 Å². The lowest BCUT2D eigenvalue weighted by Crippen LogP contribution is -2.58. The van der Waals surface area contributed by atoms with Crippen molar-refractivity contribution >= 4 is 11.8 Å². The summed E-state index contributed by atoms with van der Waals surface area (Å²) in [6, 6.07) is 0. The van der Waals surface area contributed by atoms with Crippen molar-refractivity contribution in [3.8, 4) is 0 Å². The van der Waals surface area contributed by atoms with Crippen LogP contribution in [0.4, 0.5) is 0 Å². The number of hydrogen-bond donors (Lipinski definition) is 1. The number of morpholine rings is 1. The van der Waals surface area contributed by atoms with E-state index in [0.29, 0.717) is 43.6 Å². The van der Waals surface area contributed by atoms with Gasteiger partial charge >= 0.3 is 0 Å². The number of nitrogens with zero attached hydrogens (tertiary/aromatic N) is 4. The van der Waals surface area contributed by atoms with E-state index in [1.807, 2.05) is 4.90 Å². The van der Waals surface area contributed by atoms with Gasteiger partial charge in [0.2, 0.25) is 5.91 Å². The Morgan fingerprint density at radius 1 is 1.15 bits per heavy atom. The summed E-state index contributed by atoms with van der Waals surface area (Å²) in [5.41, 5.74) is 0.00589. The molecule has 3 heterocycles. The summed E-state index contributed by atoms with van der Waals surface area (Å²) in [6.07, 6.45) is 9.98. The fourth-order valence-electron chi connectivity index (χ4n) is 4.72. The largest absolute Gasteiger partial charge is 0.371 e. The second kappa shape index (κ2) is 7.96. The standard InChI is InChI=1S/C19H29N5O3/c25-17(12-15-4-2-1-3-5-15)23-8-6-19(7-9-23)14-24(10-11-27-19)18(26)16-13-20-22-21-16/h13,15H,1-12,14H2,(H,20,21,22). The van der Waals surface area contributed by atoms with Crippen LogP contribution < -0.4 is 0 Å². The number of rotatable bonds is 3. The van der Waals surface area contributed by atoms with Crippen LogP contribution in [0.25, 0.3) is 0 Å². The molecule has 0 bridgehead atoms. The van der Waals surface area contributed by atoms with Crippen LogP contribution in [-0.2, 0) is 9.53 Å². The molecule has 1 N–H and O–H groups in total. The predicted molar refractivity (Wildman–Crippen MR) is 98.0 cm³/mol. The van der Waals surface area contributed by atoms with E-state index in [4.69, 9.17) is 4.74 Å². The summed E-state index contributed by atoms with van der Waals surface area (Å²) in [4.78, 5) is 29.0. The fourth-order valence-corrected chi connectivity index (χ4v) is 4.72. The van der Waals surface area contributed by atoms with Crippen molar-refractivity contribution < 1.29 is 14.3 Å². The van der Waals surface area contributed by atoms with Crippen LogP contribution >= 0.6 is 0 Å². The molecule has 1 aromatic rings. The molecule has 27 heavy (non-hydrogen) atoms. The predicted octanol–water partition coefficient (Wildman–Crippen LogP) is 1.61. The number of carbonyl (C=O) groups excluding carboxylic acids is 2. The van der Waals surface area contributed by atoms with E-state index in [1.165, 1.54) is 38.3 Å². The third-order valence-electron chi connectivity index (χ3n) is 6.39. The fraction of sp³-hybridized carbons (Fsp3) is 0.789. The van der Waals surface area contributed by atoms with Crippen molar-refractivity contribution in [2.45, 2.75) is 57.0 Å². The van der Waals surface area contributed by atoms with Crippen molar-refractivity contribution in [2.24, 2.45) is 5.92 Å². The van der Waals surface area contributed by atoms with Crippen LogP contribution in [0.15, 0.2) is 6.20 Å². The maximum absolute atomic E-state index is 12.7. The van der Waals surface area contributed by atoms with Crippen molar-refractivity contribution in [1.82, 2.24) is 25.2 Å². The van der Waals surface area contributed by atoms with Gasteiger partial charge < -0.3 is 14.5 Å². The van der Waals surface area contributed by atoms with Gasteiger partial charge in [-0.15, -0.1) is 0 Å². The Labute approximate surface area is 159 Å². The number of piperidine rings is 1. The Balaban J connectivity index is 1.30. The van der Waals surface area contributed by atoms with E-state index >= 15 is 0 Å². The molecule has 3 aliphatic rings. The molecule has 2 aliphatic heterocycles. The highest BCUT2D eigenvalue weighted by Gasteiger charge is 2.42.